The number of nitrogens with zero attached hydrogens (tertiary/aromatic N) is 2. The monoisotopic (exact) mass is 564 g/mol. The molecule has 1 atom stereocenters. The van der Waals surface area contributed by atoms with E-state index >= 15 is 0 Å². The highest BCUT2D eigenvalue weighted by Gasteiger charge is 2.32. The molecule has 1 unspecified atom stereocenters. The van der Waals surface area contributed by atoms with Gasteiger partial charge in [0.2, 0.25) is 0 Å². The lowest BCUT2D eigenvalue weighted by Gasteiger charge is -2.28. The Kier molecular flexibility index (Phi) is 9.32. The molecule has 0 amide bonds. The zero-order valence-corrected chi connectivity index (χ0v) is 22.5. The molecule has 1 heterocycles. The summed E-state index contributed by atoms with van der Waals surface area (Å²) in [6.07, 6.45) is -8.79. The van der Waals surface area contributed by atoms with Crippen LogP contribution in [0.3, 0.4) is 0 Å². The normalized spacial score (nSPS) is 12.8. The number of hydrogen-bond acceptors (Lipinski definition) is 4. The van der Waals surface area contributed by atoms with Gasteiger partial charge in [-0.1, -0.05) is 31.6 Å². The van der Waals surface area contributed by atoms with Crippen LogP contribution >= 0.6 is 0 Å². The van der Waals surface area contributed by atoms with Crippen molar-refractivity contribution < 1.29 is 35.9 Å². The van der Waals surface area contributed by atoms with Gasteiger partial charge in [0.1, 0.15) is 5.82 Å². The second kappa shape index (κ2) is 12.1. The molecule has 0 N–H and O–H groups in total. The van der Waals surface area contributed by atoms with Crippen molar-refractivity contribution >= 4 is 17.5 Å². The number of aromatic nitrogens is 1. The van der Waals surface area contributed by atoms with Crippen LogP contribution in [-0.4, -0.2) is 24.6 Å². The lowest BCUT2D eigenvalue weighted by Crippen LogP contribution is -2.24. The van der Waals surface area contributed by atoms with Crippen molar-refractivity contribution in [2.45, 2.75) is 45.5 Å². The van der Waals surface area contributed by atoms with Crippen LogP contribution in [0.1, 0.15) is 49.8 Å². The lowest BCUT2D eigenvalue weighted by molar-refractivity contribution is -0.142. The minimum Gasteiger partial charge on any atom is -0.469 e. The van der Waals surface area contributed by atoms with Gasteiger partial charge in [-0.05, 0) is 73.4 Å². The van der Waals surface area contributed by atoms with E-state index in [4.69, 9.17) is 9.72 Å². The molecule has 2 aromatic carbocycles. The largest absolute Gasteiger partial charge is 0.469 e. The summed E-state index contributed by atoms with van der Waals surface area (Å²) in [5.41, 5.74) is 0.638. The number of esters is 1. The van der Waals surface area contributed by atoms with Crippen LogP contribution < -0.4 is 4.90 Å². The fraction of sp³-hybridized carbons (Fsp3) is 0.333. The van der Waals surface area contributed by atoms with E-state index in [0.29, 0.717) is 34.8 Å². The molecule has 0 radical (unpaired) electrons. The van der Waals surface area contributed by atoms with Gasteiger partial charge in [0.15, 0.2) is 0 Å². The Morgan fingerprint density at radius 1 is 0.925 bits per heavy atom. The number of pyridine rings is 1. The fourth-order valence-electron chi connectivity index (χ4n) is 4.21. The van der Waals surface area contributed by atoms with Crippen LogP contribution in [0.4, 0.5) is 37.8 Å². The van der Waals surface area contributed by atoms with Gasteiger partial charge >= 0.3 is 18.3 Å². The predicted octanol–water partition coefficient (Wildman–Crippen LogP) is 8.80. The van der Waals surface area contributed by atoms with E-state index in [2.05, 4.69) is 6.58 Å². The number of carbonyl (C=O) groups excluding carboxylic acids is 1. The van der Waals surface area contributed by atoms with Gasteiger partial charge < -0.3 is 9.64 Å². The molecule has 0 fully saturated rings. The van der Waals surface area contributed by atoms with Gasteiger partial charge in [-0.25, -0.2) is 4.98 Å². The van der Waals surface area contributed by atoms with Crippen LogP contribution in [-0.2, 0) is 21.9 Å². The van der Waals surface area contributed by atoms with Gasteiger partial charge in [0.25, 0.3) is 0 Å². The first-order chi connectivity index (χ1) is 18.6. The number of benzene rings is 2. The molecule has 10 heteroatoms. The SMILES string of the molecule is C=C(C)CC(C(=O)OC)c1cc(-c2ccc(C(F)(F)F)cc2)nc(N(CC(C)C)c2ccc(C(F)(F)F)cc2)c1. The number of alkyl halides is 6. The van der Waals surface area contributed by atoms with E-state index in [1.54, 1.807) is 24.0 Å². The molecule has 0 saturated carbocycles. The standard InChI is InChI=1S/C30H30F6N2O2/c1-18(2)14-25(28(39)40-5)21-15-26(20-6-8-22(9-7-20)29(31,32)33)37-27(16-21)38(17-19(3)4)24-12-10-23(11-13-24)30(34,35)36/h6-13,15-16,19,25H,1,14,17H2,2-5H3. The van der Waals surface area contributed by atoms with Crippen molar-refractivity contribution in [1.29, 1.82) is 0 Å². The summed E-state index contributed by atoms with van der Waals surface area (Å²) in [7, 11) is 1.25. The summed E-state index contributed by atoms with van der Waals surface area (Å²) < 4.78 is 84.1. The van der Waals surface area contributed by atoms with Crippen LogP contribution in [0.15, 0.2) is 72.8 Å². The van der Waals surface area contributed by atoms with Crippen molar-refractivity contribution in [1.82, 2.24) is 4.98 Å². The Morgan fingerprint density at radius 3 is 1.90 bits per heavy atom. The molecular weight excluding hydrogens is 534 g/mol. The van der Waals surface area contributed by atoms with Gasteiger partial charge in [0.05, 0.1) is 29.8 Å². The molecule has 0 bridgehead atoms. The first kappa shape index (κ1) is 30.7. The van der Waals surface area contributed by atoms with Gasteiger partial charge in [0, 0.05) is 17.8 Å². The minimum atomic E-state index is -4.52. The number of rotatable bonds is 9. The highest BCUT2D eigenvalue weighted by atomic mass is 19.4. The lowest BCUT2D eigenvalue weighted by atomic mass is 9.92. The molecular formula is C30H30F6N2O2. The second-order valence-electron chi connectivity index (χ2n) is 10.0. The first-order valence-corrected chi connectivity index (χ1v) is 12.5. The summed E-state index contributed by atoms with van der Waals surface area (Å²) in [5, 5.41) is 0. The van der Waals surface area contributed by atoms with Crippen LogP contribution in [0.2, 0.25) is 0 Å². The van der Waals surface area contributed by atoms with E-state index in [0.717, 1.165) is 24.3 Å². The molecule has 4 nitrogen and oxygen atoms in total. The number of halogens is 6. The quantitative estimate of drug-likeness (QED) is 0.148. The molecule has 0 aliphatic rings. The maximum atomic E-state index is 13.2. The number of anilines is 2. The van der Waals surface area contributed by atoms with Crippen LogP contribution in [0, 0.1) is 5.92 Å². The fourth-order valence-corrected chi connectivity index (χ4v) is 4.21. The van der Waals surface area contributed by atoms with Gasteiger partial charge in [-0.2, -0.15) is 26.3 Å². The Hall–Kier alpha value is -3.82. The van der Waals surface area contributed by atoms with Crippen LogP contribution in [0.25, 0.3) is 11.3 Å². The third kappa shape index (κ3) is 7.64. The van der Waals surface area contributed by atoms with E-state index in [1.165, 1.54) is 31.4 Å². The number of allylic oxidation sites excluding steroid dienone is 1. The molecule has 3 rings (SSSR count). The van der Waals surface area contributed by atoms with E-state index in [1.807, 2.05) is 13.8 Å². The van der Waals surface area contributed by atoms with Crippen molar-refractivity contribution in [2.75, 3.05) is 18.6 Å². The molecule has 40 heavy (non-hydrogen) atoms. The van der Waals surface area contributed by atoms with E-state index in [9.17, 15) is 31.1 Å². The van der Waals surface area contributed by atoms with Crippen molar-refractivity contribution in [3.63, 3.8) is 0 Å². The Morgan fingerprint density at radius 2 is 1.45 bits per heavy atom. The zero-order chi connectivity index (χ0) is 29.8. The van der Waals surface area contributed by atoms with E-state index < -0.39 is 35.4 Å². The molecule has 0 aliphatic heterocycles. The molecule has 3 aromatic rings. The summed E-state index contributed by atoms with van der Waals surface area (Å²) in [6, 6.07) is 12.3. The number of methoxy groups -OCH3 is 1. The summed E-state index contributed by atoms with van der Waals surface area (Å²) in [4.78, 5) is 19.2. The molecule has 214 valence electrons. The Bertz CT molecular complexity index is 1330. The second-order valence-corrected chi connectivity index (χ2v) is 10.0. The van der Waals surface area contributed by atoms with Gasteiger partial charge in [-0.3, -0.25) is 4.79 Å². The molecule has 0 aliphatic carbocycles. The summed E-state index contributed by atoms with van der Waals surface area (Å²) >= 11 is 0. The summed E-state index contributed by atoms with van der Waals surface area (Å²) in [5.74, 6) is -0.958. The van der Waals surface area contributed by atoms with E-state index in [-0.39, 0.29) is 18.0 Å². The summed E-state index contributed by atoms with van der Waals surface area (Å²) in [6.45, 7) is 9.85. The maximum absolute atomic E-state index is 13.2. The minimum absolute atomic E-state index is 0.0501. The average molecular weight is 565 g/mol. The maximum Gasteiger partial charge on any atom is 0.416 e. The highest BCUT2D eigenvalue weighted by Crippen LogP contribution is 2.37. The van der Waals surface area contributed by atoms with Gasteiger partial charge in [-0.15, -0.1) is 6.58 Å². The number of carbonyl (C=O) groups is 1. The molecule has 1 aromatic heterocycles. The zero-order valence-electron chi connectivity index (χ0n) is 22.5. The predicted molar refractivity (Wildman–Crippen MR) is 142 cm³/mol. The Balaban J connectivity index is 2.23. The third-order valence-electron chi connectivity index (χ3n) is 6.11. The smallest absolute Gasteiger partial charge is 0.416 e. The highest BCUT2D eigenvalue weighted by molar-refractivity contribution is 5.80. The van der Waals surface area contributed by atoms with Crippen molar-refractivity contribution in [3.8, 4) is 11.3 Å². The number of hydrogen-bond donors (Lipinski definition) is 0. The average Bonchev–Trinajstić information content (AvgIpc) is 2.88. The Labute approximate surface area is 229 Å². The third-order valence-corrected chi connectivity index (χ3v) is 6.11. The number of ether oxygens (including phenoxy) is 1. The van der Waals surface area contributed by atoms with Crippen molar-refractivity contribution in [3.05, 3.63) is 89.5 Å². The molecule has 0 spiro atoms. The first-order valence-electron chi connectivity index (χ1n) is 12.5. The van der Waals surface area contributed by atoms with Crippen molar-refractivity contribution in [2.24, 2.45) is 5.92 Å². The topological polar surface area (TPSA) is 42.4 Å². The van der Waals surface area contributed by atoms with Crippen LogP contribution in [0.5, 0.6) is 0 Å². The molecule has 0 saturated heterocycles.